The molecule has 3 aromatic rings. The summed E-state index contributed by atoms with van der Waals surface area (Å²) in [7, 11) is 1.65. The van der Waals surface area contributed by atoms with Gasteiger partial charge in [-0.3, -0.25) is 4.79 Å². The van der Waals surface area contributed by atoms with E-state index in [0.29, 0.717) is 5.57 Å². The summed E-state index contributed by atoms with van der Waals surface area (Å²) < 4.78 is 5.27. The van der Waals surface area contributed by atoms with Crippen molar-refractivity contribution in [2.24, 2.45) is 0 Å². The summed E-state index contributed by atoms with van der Waals surface area (Å²) in [4.78, 5) is 15.3. The van der Waals surface area contributed by atoms with Crippen LogP contribution >= 0.6 is 11.3 Å². The number of rotatable bonds is 2. The highest BCUT2D eigenvalue weighted by Crippen LogP contribution is 2.38. The quantitative estimate of drug-likeness (QED) is 0.708. The molecule has 0 radical (unpaired) electrons. The molecule has 0 saturated heterocycles. The first kappa shape index (κ1) is 12.2. The number of aromatic amines is 1. The van der Waals surface area contributed by atoms with Gasteiger partial charge in [-0.25, -0.2) is 0 Å². The van der Waals surface area contributed by atoms with E-state index in [2.05, 4.69) is 10.3 Å². The van der Waals surface area contributed by atoms with Gasteiger partial charge in [0.1, 0.15) is 10.8 Å². The van der Waals surface area contributed by atoms with Gasteiger partial charge in [0.15, 0.2) is 0 Å². The zero-order valence-corrected chi connectivity index (χ0v) is 12.1. The summed E-state index contributed by atoms with van der Waals surface area (Å²) in [5.41, 5.74) is 3.68. The molecule has 5 heteroatoms. The molecule has 1 aromatic carbocycles. The van der Waals surface area contributed by atoms with Gasteiger partial charge in [-0.05, 0) is 35.7 Å². The molecule has 0 atom stereocenters. The second kappa shape index (κ2) is 4.49. The Morgan fingerprint density at radius 1 is 1.29 bits per heavy atom. The molecule has 0 bridgehead atoms. The maximum Gasteiger partial charge on any atom is 0.257 e. The molecule has 1 amide bonds. The van der Waals surface area contributed by atoms with E-state index in [9.17, 15) is 4.79 Å². The van der Waals surface area contributed by atoms with Gasteiger partial charge in [0.05, 0.1) is 12.7 Å². The van der Waals surface area contributed by atoms with Crippen LogP contribution in [0.5, 0.6) is 5.75 Å². The van der Waals surface area contributed by atoms with Crippen LogP contribution in [0.2, 0.25) is 0 Å². The van der Waals surface area contributed by atoms with E-state index < -0.39 is 0 Å². The number of hydrogen-bond acceptors (Lipinski definition) is 3. The average Bonchev–Trinajstić information content (AvgIpc) is 3.16. The molecule has 1 aliphatic rings. The highest BCUT2D eigenvalue weighted by atomic mass is 32.1. The lowest BCUT2D eigenvalue weighted by atomic mass is 10.1. The largest absolute Gasteiger partial charge is 0.497 e. The van der Waals surface area contributed by atoms with Crippen molar-refractivity contribution < 1.29 is 9.53 Å². The minimum Gasteiger partial charge on any atom is -0.497 e. The Balaban J connectivity index is 1.88. The maximum absolute atomic E-state index is 12.1. The third-order valence-corrected chi connectivity index (χ3v) is 4.48. The Morgan fingerprint density at radius 3 is 3.05 bits per heavy atom. The van der Waals surface area contributed by atoms with Gasteiger partial charge in [0, 0.05) is 28.2 Å². The van der Waals surface area contributed by atoms with Crippen LogP contribution in [0.25, 0.3) is 22.6 Å². The van der Waals surface area contributed by atoms with Crippen LogP contribution in [-0.2, 0) is 4.79 Å². The van der Waals surface area contributed by atoms with Gasteiger partial charge in [-0.1, -0.05) is 0 Å². The van der Waals surface area contributed by atoms with Crippen LogP contribution < -0.4 is 10.1 Å². The van der Waals surface area contributed by atoms with Crippen LogP contribution in [0.3, 0.4) is 0 Å². The maximum atomic E-state index is 12.1. The van der Waals surface area contributed by atoms with Crippen LogP contribution in [0, 0.1) is 0 Å². The lowest BCUT2D eigenvalue weighted by Gasteiger charge is -2.00. The summed E-state index contributed by atoms with van der Waals surface area (Å²) >= 11 is 1.54. The van der Waals surface area contributed by atoms with Crippen molar-refractivity contribution in [3.63, 3.8) is 0 Å². The molecule has 1 aliphatic heterocycles. The molecule has 21 heavy (non-hydrogen) atoms. The number of benzene rings is 1. The van der Waals surface area contributed by atoms with Gasteiger partial charge in [-0.15, -0.1) is 11.3 Å². The van der Waals surface area contributed by atoms with Crippen LogP contribution in [-0.4, -0.2) is 18.0 Å². The molecule has 0 aliphatic carbocycles. The van der Waals surface area contributed by atoms with Crippen LogP contribution in [0.4, 0.5) is 5.00 Å². The second-order valence-corrected chi connectivity index (χ2v) is 5.75. The van der Waals surface area contributed by atoms with E-state index in [4.69, 9.17) is 4.74 Å². The standard InChI is InChI=1S/C16H12N2O2S/c1-20-10-2-3-14-12(7-10)9(8-17-14)6-13-11-4-5-21-16(11)18-15(13)19/h2-8,17H,1H3,(H,18,19)/b13-6+. The molecule has 4 rings (SSSR count). The number of ether oxygens (including phenoxy) is 1. The summed E-state index contributed by atoms with van der Waals surface area (Å²) in [5.74, 6) is 0.753. The number of H-pyrrole nitrogens is 1. The van der Waals surface area contributed by atoms with E-state index in [1.165, 1.54) is 0 Å². The van der Waals surface area contributed by atoms with E-state index in [-0.39, 0.29) is 5.91 Å². The average molecular weight is 296 g/mol. The third-order valence-electron chi connectivity index (χ3n) is 3.65. The zero-order chi connectivity index (χ0) is 14.4. The topological polar surface area (TPSA) is 54.1 Å². The highest BCUT2D eigenvalue weighted by molar-refractivity contribution is 7.15. The summed E-state index contributed by atoms with van der Waals surface area (Å²) in [5, 5.41) is 6.83. The van der Waals surface area contributed by atoms with Crippen molar-refractivity contribution >= 4 is 44.8 Å². The number of thiophene rings is 1. The van der Waals surface area contributed by atoms with E-state index in [0.717, 1.165) is 32.8 Å². The molecule has 0 unspecified atom stereocenters. The molecule has 2 aromatic heterocycles. The fraction of sp³-hybridized carbons (Fsp3) is 0.0625. The number of carbonyl (C=O) groups is 1. The van der Waals surface area contributed by atoms with Gasteiger partial charge >= 0.3 is 0 Å². The third kappa shape index (κ3) is 1.86. The van der Waals surface area contributed by atoms with Gasteiger partial charge in [-0.2, -0.15) is 0 Å². The Morgan fingerprint density at radius 2 is 2.19 bits per heavy atom. The van der Waals surface area contributed by atoms with Crippen molar-refractivity contribution in [1.29, 1.82) is 0 Å². The first-order chi connectivity index (χ1) is 10.3. The predicted octanol–water partition coefficient (Wildman–Crippen LogP) is 3.73. The lowest BCUT2D eigenvalue weighted by molar-refractivity contribution is -0.110. The number of aromatic nitrogens is 1. The smallest absolute Gasteiger partial charge is 0.257 e. The molecule has 0 spiro atoms. The van der Waals surface area contributed by atoms with Crippen molar-refractivity contribution in [3.8, 4) is 5.75 Å². The number of anilines is 1. The number of carbonyl (C=O) groups excluding carboxylic acids is 1. The monoisotopic (exact) mass is 296 g/mol. The minimum absolute atomic E-state index is 0.0471. The summed E-state index contributed by atoms with van der Waals surface area (Å²) in [6, 6.07) is 7.83. The molecule has 3 heterocycles. The fourth-order valence-electron chi connectivity index (χ4n) is 2.58. The van der Waals surface area contributed by atoms with E-state index in [1.807, 2.05) is 41.9 Å². The molecule has 0 fully saturated rings. The van der Waals surface area contributed by atoms with E-state index >= 15 is 0 Å². The molecule has 4 nitrogen and oxygen atoms in total. The number of amides is 1. The van der Waals surface area contributed by atoms with Crippen LogP contribution in [0.1, 0.15) is 11.1 Å². The number of methoxy groups -OCH3 is 1. The van der Waals surface area contributed by atoms with Crippen LogP contribution in [0.15, 0.2) is 35.8 Å². The fourth-order valence-corrected chi connectivity index (χ4v) is 3.37. The first-order valence-corrected chi connectivity index (χ1v) is 7.40. The molecule has 0 saturated carbocycles. The number of nitrogens with one attached hydrogen (secondary N) is 2. The van der Waals surface area contributed by atoms with Gasteiger partial charge in [0.2, 0.25) is 0 Å². The minimum atomic E-state index is -0.0471. The van der Waals surface area contributed by atoms with Crippen molar-refractivity contribution in [1.82, 2.24) is 4.98 Å². The predicted molar refractivity (Wildman–Crippen MR) is 85.7 cm³/mol. The Labute approximate surface area is 125 Å². The Kier molecular flexibility index (Phi) is 2.62. The normalized spacial score (nSPS) is 15.5. The SMILES string of the molecule is COc1ccc2[nH]cc(/C=C3/C(=O)Nc4sccc43)c2c1. The van der Waals surface area contributed by atoms with Crippen molar-refractivity contribution in [3.05, 3.63) is 47.0 Å². The van der Waals surface area contributed by atoms with E-state index in [1.54, 1.807) is 18.4 Å². The van der Waals surface area contributed by atoms with Gasteiger partial charge in [0.25, 0.3) is 5.91 Å². The molecular formula is C16H12N2O2S. The summed E-state index contributed by atoms with van der Waals surface area (Å²) in [6.45, 7) is 0. The van der Waals surface area contributed by atoms with Crippen molar-refractivity contribution in [2.45, 2.75) is 0 Å². The second-order valence-electron chi connectivity index (χ2n) is 4.83. The lowest BCUT2D eigenvalue weighted by Crippen LogP contribution is -2.03. The first-order valence-electron chi connectivity index (χ1n) is 6.52. The zero-order valence-electron chi connectivity index (χ0n) is 11.3. The highest BCUT2D eigenvalue weighted by Gasteiger charge is 2.25. The molecular weight excluding hydrogens is 284 g/mol. The van der Waals surface area contributed by atoms with Gasteiger partial charge < -0.3 is 15.0 Å². The molecule has 104 valence electrons. The van der Waals surface area contributed by atoms with Crippen molar-refractivity contribution in [2.75, 3.05) is 12.4 Å². The number of fused-ring (bicyclic) bond motifs is 2. The molecule has 2 N–H and O–H groups in total. The summed E-state index contributed by atoms with van der Waals surface area (Å²) in [6.07, 6.45) is 3.83. The Hall–Kier alpha value is -2.53. The number of hydrogen-bond donors (Lipinski definition) is 2. The Bertz CT molecular complexity index is 889.